The molecule has 86 valence electrons. The summed E-state index contributed by atoms with van der Waals surface area (Å²) in [6.45, 7) is 1.01. The minimum absolute atomic E-state index is 0.169. The van der Waals surface area contributed by atoms with Gasteiger partial charge in [-0.25, -0.2) is 0 Å². The molecule has 0 aliphatic carbocycles. The van der Waals surface area contributed by atoms with Gasteiger partial charge in [-0.1, -0.05) is 42.5 Å². The smallest absolute Gasteiger partial charge is 0.303 e. The van der Waals surface area contributed by atoms with E-state index in [9.17, 15) is 4.79 Å². The molecule has 0 spiro atoms. The predicted molar refractivity (Wildman–Crippen MR) is 63.2 cm³/mol. The Labute approximate surface area is 95.4 Å². The normalized spacial score (nSPS) is 10.8. The van der Waals surface area contributed by atoms with Crippen molar-refractivity contribution in [3.63, 3.8) is 0 Å². The second kappa shape index (κ2) is 7.65. The molecule has 0 saturated heterocycles. The molecule has 0 saturated carbocycles. The zero-order valence-corrected chi connectivity index (χ0v) is 9.13. The Kier molecular flexibility index (Phi) is 5.96. The summed E-state index contributed by atoms with van der Waals surface area (Å²) in [7, 11) is 0. The third-order valence-electron chi connectivity index (χ3n) is 2.00. The summed E-state index contributed by atoms with van der Waals surface area (Å²) in [5.41, 5.74) is 1.14. The summed E-state index contributed by atoms with van der Waals surface area (Å²) in [5.74, 6) is -0.775. The average Bonchev–Trinajstić information content (AvgIpc) is 2.29. The standard InChI is InChI=1S/C13H16O3/c14-13(15)9-5-11-16-10-4-8-12-6-2-1-3-7-12/h1-4,6-8H,5,9-11H2,(H,14,15)/b8-4+. The van der Waals surface area contributed by atoms with Crippen LogP contribution >= 0.6 is 0 Å². The third-order valence-corrected chi connectivity index (χ3v) is 2.00. The maximum atomic E-state index is 10.2. The molecule has 0 unspecified atom stereocenters. The fourth-order valence-electron chi connectivity index (χ4n) is 1.23. The first-order chi connectivity index (χ1) is 7.79. The summed E-state index contributed by atoms with van der Waals surface area (Å²) in [6, 6.07) is 9.96. The maximum Gasteiger partial charge on any atom is 0.303 e. The van der Waals surface area contributed by atoms with Crippen LogP contribution in [0.5, 0.6) is 0 Å². The number of carboxylic acids is 1. The van der Waals surface area contributed by atoms with Gasteiger partial charge in [-0.3, -0.25) is 4.79 Å². The molecule has 0 aliphatic heterocycles. The van der Waals surface area contributed by atoms with Crippen molar-refractivity contribution < 1.29 is 14.6 Å². The van der Waals surface area contributed by atoms with E-state index in [2.05, 4.69) is 0 Å². The fourth-order valence-corrected chi connectivity index (χ4v) is 1.23. The number of ether oxygens (including phenoxy) is 1. The van der Waals surface area contributed by atoms with Crippen molar-refractivity contribution in [2.45, 2.75) is 12.8 Å². The molecule has 3 nitrogen and oxygen atoms in total. The summed E-state index contributed by atoms with van der Waals surface area (Å²) in [6.07, 6.45) is 4.64. The Hall–Kier alpha value is -1.61. The lowest BCUT2D eigenvalue weighted by molar-refractivity contribution is -0.137. The summed E-state index contributed by atoms with van der Waals surface area (Å²) >= 11 is 0. The number of carbonyl (C=O) groups is 1. The van der Waals surface area contributed by atoms with Crippen LogP contribution in [0.4, 0.5) is 0 Å². The first-order valence-corrected chi connectivity index (χ1v) is 5.30. The molecule has 1 aromatic carbocycles. The molecular formula is C13H16O3. The highest BCUT2D eigenvalue weighted by Crippen LogP contribution is 2.00. The lowest BCUT2D eigenvalue weighted by Gasteiger charge is -1.98. The second-order valence-electron chi connectivity index (χ2n) is 3.39. The number of rotatable bonds is 7. The van der Waals surface area contributed by atoms with Gasteiger partial charge in [0.2, 0.25) is 0 Å². The van der Waals surface area contributed by atoms with Crippen molar-refractivity contribution in [3.05, 3.63) is 42.0 Å². The molecule has 3 heteroatoms. The highest BCUT2D eigenvalue weighted by Gasteiger charge is 1.94. The molecule has 16 heavy (non-hydrogen) atoms. The summed E-state index contributed by atoms with van der Waals surface area (Å²) < 4.78 is 5.26. The molecular weight excluding hydrogens is 204 g/mol. The van der Waals surface area contributed by atoms with Crippen LogP contribution in [0.25, 0.3) is 6.08 Å². The topological polar surface area (TPSA) is 46.5 Å². The van der Waals surface area contributed by atoms with E-state index in [-0.39, 0.29) is 6.42 Å². The molecule has 1 aromatic rings. The van der Waals surface area contributed by atoms with E-state index in [1.807, 2.05) is 42.5 Å². The molecule has 0 aliphatic rings. The lowest BCUT2D eigenvalue weighted by Crippen LogP contribution is -1.99. The fraction of sp³-hybridized carbons (Fsp3) is 0.308. The van der Waals surface area contributed by atoms with Gasteiger partial charge in [0, 0.05) is 13.0 Å². The summed E-state index contributed by atoms with van der Waals surface area (Å²) in [4.78, 5) is 10.2. The molecule has 0 amide bonds. The zero-order chi connectivity index (χ0) is 11.6. The maximum absolute atomic E-state index is 10.2. The van der Waals surface area contributed by atoms with E-state index < -0.39 is 5.97 Å². The van der Waals surface area contributed by atoms with Gasteiger partial charge in [0.15, 0.2) is 0 Å². The van der Waals surface area contributed by atoms with Gasteiger partial charge in [0.25, 0.3) is 0 Å². The molecule has 0 atom stereocenters. The Morgan fingerprint density at radius 2 is 2.06 bits per heavy atom. The quantitative estimate of drug-likeness (QED) is 0.718. The molecule has 0 radical (unpaired) electrons. The molecule has 1 N–H and O–H groups in total. The largest absolute Gasteiger partial charge is 0.481 e. The van der Waals surface area contributed by atoms with Gasteiger partial charge < -0.3 is 9.84 Å². The van der Waals surface area contributed by atoms with Gasteiger partial charge in [0.1, 0.15) is 0 Å². The monoisotopic (exact) mass is 220 g/mol. The van der Waals surface area contributed by atoms with Crippen LogP contribution in [0.15, 0.2) is 36.4 Å². The number of aliphatic carboxylic acids is 1. The van der Waals surface area contributed by atoms with E-state index in [4.69, 9.17) is 9.84 Å². The van der Waals surface area contributed by atoms with Crippen LogP contribution in [-0.2, 0) is 9.53 Å². The lowest BCUT2D eigenvalue weighted by atomic mass is 10.2. The van der Waals surface area contributed by atoms with E-state index in [0.717, 1.165) is 5.56 Å². The van der Waals surface area contributed by atoms with E-state index in [0.29, 0.717) is 19.6 Å². The Bertz CT molecular complexity index is 330. The Morgan fingerprint density at radius 1 is 1.31 bits per heavy atom. The van der Waals surface area contributed by atoms with Crippen molar-refractivity contribution >= 4 is 12.0 Å². The zero-order valence-electron chi connectivity index (χ0n) is 9.13. The van der Waals surface area contributed by atoms with Crippen LogP contribution < -0.4 is 0 Å². The molecule has 1 rings (SSSR count). The minimum atomic E-state index is -0.775. The average molecular weight is 220 g/mol. The van der Waals surface area contributed by atoms with Gasteiger partial charge in [-0.2, -0.15) is 0 Å². The van der Waals surface area contributed by atoms with E-state index in [1.165, 1.54) is 0 Å². The van der Waals surface area contributed by atoms with Crippen molar-refractivity contribution in [1.82, 2.24) is 0 Å². The van der Waals surface area contributed by atoms with Crippen LogP contribution in [0.1, 0.15) is 18.4 Å². The Morgan fingerprint density at radius 3 is 2.75 bits per heavy atom. The summed E-state index contributed by atoms with van der Waals surface area (Å²) in [5, 5.41) is 8.40. The van der Waals surface area contributed by atoms with Gasteiger partial charge in [0.05, 0.1) is 6.61 Å². The first kappa shape index (κ1) is 12.5. The predicted octanol–water partition coefficient (Wildman–Crippen LogP) is 2.58. The van der Waals surface area contributed by atoms with Crippen molar-refractivity contribution in [2.75, 3.05) is 13.2 Å². The van der Waals surface area contributed by atoms with E-state index in [1.54, 1.807) is 0 Å². The van der Waals surface area contributed by atoms with Crippen molar-refractivity contribution in [1.29, 1.82) is 0 Å². The third kappa shape index (κ3) is 5.98. The highest BCUT2D eigenvalue weighted by molar-refractivity contribution is 5.66. The van der Waals surface area contributed by atoms with Crippen LogP contribution in [0, 0.1) is 0 Å². The van der Waals surface area contributed by atoms with Crippen LogP contribution in [-0.4, -0.2) is 24.3 Å². The van der Waals surface area contributed by atoms with Gasteiger partial charge in [-0.05, 0) is 12.0 Å². The van der Waals surface area contributed by atoms with Gasteiger partial charge >= 0.3 is 5.97 Å². The number of carboxylic acid groups (broad SMARTS) is 1. The number of hydrogen-bond acceptors (Lipinski definition) is 2. The van der Waals surface area contributed by atoms with Crippen LogP contribution in [0.3, 0.4) is 0 Å². The minimum Gasteiger partial charge on any atom is -0.481 e. The molecule has 0 fully saturated rings. The van der Waals surface area contributed by atoms with E-state index >= 15 is 0 Å². The number of hydrogen-bond donors (Lipinski definition) is 1. The van der Waals surface area contributed by atoms with Crippen LogP contribution in [0.2, 0.25) is 0 Å². The van der Waals surface area contributed by atoms with Crippen molar-refractivity contribution in [2.24, 2.45) is 0 Å². The van der Waals surface area contributed by atoms with Gasteiger partial charge in [-0.15, -0.1) is 0 Å². The van der Waals surface area contributed by atoms with Crippen molar-refractivity contribution in [3.8, 4) is 0 Å². The molecule has 0 aromatic heterocycles. The SMILES string of the molecule is O=C(O)CCCOC/C=C/c1ccccc1. The number of benzene rings is 1. The molecule has 0 heterocycles. The first-order valence-electron chi connectivity index (χ1n) is 5.30. The Balaban J connectivity index is 2.07. The second-order valence-corrected chi connectivity index (χ2v) is 3.39. The highest BCUT2D eigenvalue weighted by atomic mass is 16.5. The molecule has 0 bridgehead atoms.